The van der Waals surface area contributed by atoms with Crippen LogP contribution in [-0.4, -0.2) is 25.7 Å². The van der Waals surface area contributed by atoms with E-state index in [-0.39, 0.29) is 5.91 Å². The predicted molar refractivity (Wildman–Crippen MR) is 64.0 cm³/mol. The Hall–Kier alpha value is -1.55. The van der Waals surface area contributed by atoms with E-state index in [0.29, 0.717) is 6.54 Å². The number of ether oxygens (including phenoxy) is 1. The number of benzene rings is 1. The molecule has 1 rings (SSSR count). The van der Waals surface area contributed by atoms with Gasteiger partial charge in [-0.2, -0.15) is 0 Å². The number of nitrogens with one attached hydrogen (secondary N) is 1. The van der Waals surface area contributed by atoms with Crippen molar-refractivity contribution in [1.29, 1.82) is 0 Å². The summed E-state index contributed by atoms with van der Waals surface area (Å²) in [5, 5.41) is 2.80. The number of amides is 1. The van der Waals surface area contributed by atoms with E-state index in [1.807, 2.05) is 24.3 Å². The third-order valence-corrected chi connectivity index (χ3v) is 2.42. The lowest BCUT2D eigenvalue weighted by molar-refractivity contribution is -0.129. The number of carbonyl (C=O) groups excluding carboxylic acids is 1. The molecule has 1 atom stereocenters. The number of hydrogen-bond donors (Lipinski definition) is 2. The zero-order valence-electron chi connectivity index (χ0n) is 9.69. The molecule has 0 radical (unpaired) electrons. The molecular formula is C12H18N2O2. The van der Waals surface area contributed by atoms with Crippen LogP contribution in [0.15, 0.2) is 24.3 Å². The van der Waals surface area contributed by atoms with E-state index in [1.165, 1.54) is 7.11 Å². The van der Waals surface area contributed by atoms with Crippen LogP contribution in [0.3, 0.4) is 0 Å². The first kappa shape index (κ1) is 12.5. The summed E-state index contributed by atoms with van der Waals surface area (Å²) in [6.07, 6.45) is 0.397. The molecule has 4 nitrogen and oxygen atoms in total. The summed E-state index contributed by atoms with van der Waals surface area (Å²) in [5.74, 6) is -0.0852. The van der Waals surface area contributed by atoms with Crippen LogP contribution >= 0.6 is 0 Å². The number of hydrogen-bond acceptors (Lipinski definition) is 3. The lowest BCUT2D eigenvalue weighted by Crippen LogP contribution is -2.35. The summed E-state index contributed by atoms with van der Waals surface area (Å²) in [6, 6.07) is 7.63. The van der Waals surface area contributed by atoms with Crippen LogP contribution in [0.5, 0.6) is 0 Å². The maximum absolute atomic E-state index is 11.4. The van der Waals surface area contributed by atoms with E-state index in [2.05, 4.69) is 5.32 Å². The van der Waals surface area contributed by atoms with Crippen LogP contribution in [0, 0.1) is 0 Å². The highest BCUT2D eigenvalue weighted by molar-refractivity contribution is 5.80. The number of nitrogen functional groups attached to an aromatic ring is 1. The predicted octanol–water partition coefficient (Wildman–Crippen LogP) is 0.962. The van der Waals surface area contributed by atoms with Gasteiger partial charge in [0.1, 0.15) is 6.10 Å². The Morgan fingerprint density at radius 1 is 1.44 bits per heavy atom. The molecule has 1 amide bonds. The molecule has 1 aromatic rings. The Labute approximate surface area is 95.8 Å². The number of rotatable bonds is 5. The van der Waals surface area contributed by atoms with Crippen LogP contribution < -0.4 is 11.1 Å². The fourth-order valence-electron chi connectivity index (χ4n) is 1.27. The summed E-state index contributed by atoms with van der Waals surface area (Å²) < 4.78 is 4.90. The third kappa shape index (κ3) is 3.90. The molecular weight excluding hydrogens is 204 g/mol. The molecule has 0 bridgehead atoms. The lowest BCUT2D eigenvalue weighted by atomic mass is 10.1. The van der Waals surface area contributed by atoms with Gasteiger partial charge in [-0.1, -0.05) is 12.1 Å². The van der Waals surface area contributed by atoms with Crippen LogP contribution in [-0.2, 0) is 16.0 Å². The van der Waals surface area contributed by atoms with Crippen molar-refractivity contribution in [2.45, 2.75) is 19.4 Å². The second-order valence-corrected chi connectivity index (χ2v) is 3.66. The molecule has 1 unspecified atom stereocenters. The Bertz CT molecular complexity index is 335. The fraction of sp³-hybridized carbons (Fsp3) is 0.417. The molecule has 3 N–H and O–H groups in total. The minimum atomic E-state index is -0.397. The molecule has 0 saturated carbocycles. The molecule has 16 heavy (non-hydrogen) atoms. The minimum Gasteiger partial charge on any atom is -0.399 e. The van der Waals surface area contributed by atoms with Gasteiger partial charge in [0.25, 0.3) is 0 Å². The second-order valence-electron chi connectivity index (χ2n) is 3.66. The van der Waals surface area contributed by atoms with E-state index < -0.39 is 6.10 Å². The van der Waals surface area contributed by atoms with Crippen molar-refractivity contribution in [3.8, 4) is 0 Å². The first-order chi connectivity index (χ1) is 7.63. The third-order valence-electron chi connectivity index (χ3n) is 2.42. The largest absolute Gasteiger partial charge is 0.399 e. The summed E-state index contributed by atoms with van der Waals surface area (Å²) in [5.41, 5.74) is 7.48. The van der Waals surface area contributed by atoms with Crippen molar-refractivity contribution >= 4 is 11.6 Å². The number of nitrogens with two attached hydrogens (primary N) is 1. The number of methoxy groups -OCH3 is 1. The molecule has 0 aliphatic heterocycles. The van der Waals surface area contributed by atoms with Crippen LogP contribution in [0.4, 0.5) is 5.69 Å². The summed E-state index contributed by atoms with van der Waals surface area (Å²) in [4.78, 5) is 11.4. The Morgan fingerprint density at radius 3 is 2.62 bits per heavy atom. The maximum Gasteiger partial charge on any atom is 0.248 e. The van der Waals surface area contributed by atoms with Gasteiger partial charge in [0, 0.05) is 19.3 Å². The standard InChI is InChI=1S/C12H18N2O2/c1-9(16-2)12(15)14-8-7-10-3-5-11(13)6-4-10/h3-6,9H,7-8,13H2,1-2H3,(H,14,15). The SMILES string of the molecule is COC(C)C(=O)NCCc1ccc(N)cc1. The fourth-order valence-corrected chi connectivity index (χ4v) is 1.27. The normalized spacial score (nSPS) is 12.1. The van der Waals surface area contributed by atoms with Gasteiger partial charge >= 0.3 is 0 Å². The van der Waals surface area contributed by atoms with Crippen LogP contribution in [0.2, 0.25) is 0 Å². The average molecular weight is 222 g/mol. The molecule has 0 saturated heterocycles. The molecule has 1 aromatic carbocycles. The van der Waals surface area contributed by atoms with Crippen molar-refractivity contribution in [2.75, 3.05) is 19.4 Å². The molecule has 0 aromatic heterocycles. The monoisotopic (exact) mass is 222 g/mol. The van der Waals surface area contributed by atoms with Gasteiger partial charge in [-0.05, 0) is 31.0 Å². The first-order valence-electron chi connectivity index (χ1n) is 5.28. The van der Waals surface area contributed by atoms with Crippen molar-refractivity contribution in [3.05, 3.63) is 29.8 Å². The Balaban J connectivity index is 2.30. The molecule has 88 valence electrons. The highest BCUT2D eigenvalue weighted by Gasteiger charge is 2.09. The van der Waals surface area contributed by atoms with E-state index in [4.69, 9.17) is 10.5 Å². The van der Waals surface area contributed by atoms with Crippen molar-refractivity contribution in [3.63, 3.8) is 0 Å². The quantitative estimate of drug-likeness (QED) is 0.729. The van der Waals surface area contributed by atoms with E-state index >= 15 is 0 Å². The number of carbonyl (C=O) groups is 1. The highest BCUT2D eigenvalue weighted by atomic mass is 16.5. The summed E-state index contributed by atoms with van der Waals surface area (Å²) >= 11 is 0. The Morgan fingerprint density at radius 2 is 2.06 bits per heavy atom. The van der Waals surface area contributed by atoms with Gasteiger partial charge in [0.15, 0.2) is 0 Å². The van der Waals surface area contributed by atoms with E-state index in [1.54, 1.807) is 6.92 Å². The average Bonchev–Trinajstić information content (AvgIpc) is 2.30. The lowest BCUT2D eigenvalue weighted by Gasteiger charge is -2.10. The molecule has 0 fully saturated rings. The minimum absolute atomic E-state index is 0.0852. The van der Waals surface area contributed by atoms with Gasteiger partial charge in [-0.15, -0.1) is 0 Å². The van der Waals surface area contributed by atoms with E-state index in [0.717, 1.165) is 17.7 Å². The summed E-state index contributed by atoms with van der Waals surface area (Å²) in [6.45, 7) is 2.33. The van der Waals surface area contributed by atoms with Gasteiger partial charge in [0.2, 0.25) is 5.91 Å². The first-order valence-corrected chi connectivity index (χ1v) is 5.28. The molecule has 0 aliphatic carbocycles. The zero-order chi connectivity index (χ0) is 12.0. The summed E-state index contributed by atoms with van der Waals surface area (Å²) in [7, 11) is 1.52. The molecule has 4 heteroatoms. The maximum atomic E-state index is 11.4. The molecule has 0 aliphatic rings. The van der Waals surface area contributed by atoms with E-state index in [9.17, 15) is 4.79 Å². The van der Waals surface area contributed by atoms with Crippen LogP contribution in [0.25, 0.3) is 0 Å². The van der Waals surface area contributed by atoms with Gasteiger partial charge in [-0.25, -0.2) is 0 Å². The smallest absolute Gasteiger partial charge is 0.248 e. The van der Waals surface area contributed by atoms with Crippen molar-refractivity contribution in [2.24, 2.45) is 0 Å². The second kappa shape index (κ2) is 6.12. The zero-order valence-corrected chi connectivity index (χ0v) is 9.69. The van der Waals surface area contributed by atoms with Gasteiger partial charge in [0.05, 0.1) is 0 Å². The molecule has 0 spiro atoms. The van der Waals surface area contributed by atoms with Crippen molar-refractivity contribution in [1.82, 2.24) is 5.32 Å². The van der Waals surface area contributed by atoms with Gasteiger partial charge in [-0.3, -0.25) is 4.79 Å². The van der Waals surface area contributed by atoms with Crippen LogP contribution in [0.1, 0.15) is 12.5 Å². The topological polar surface area (TPSA) is 64.3 Å². The highest BCUT2D eigenvalue weighted by Crippen LogP contribution is 2.05. The van der Waals surface area contributed by atoms with Crippen molar-refractivity contribution < 1.29 is 9.53 Å². The van der Waals surface area contributed by atoms with Gasteiger partial charge < -0.3 is 15.8 Å². The Kier molecular flexibility index (Phi) is 4.79. The molecule has 0 heterocycles. The number of anilines is 1.